The maximum Gasteiger partial charge on any atom is 1.00 e. The fraction of sp³-hybridized carbons (Fsp3) is 0. The largest absolute Gasteiger partial charge is 1.00 e. The Bertz CT molecular complexity index is 56.9. The number of hydrogen-bond acceptors (Lipinski definition) is 5. The Kier molecular flexibility index (Phi) is 11.2. The molecule has 1 N–H and O–H groups in total. The quantitative estimate of drug-likeness (QED) is 0.247. The molecular formula is CHNaO3S2. The standard InChI is InChI=1S/CH2O3S2.Na/c2-1(3)5-6-4;/h4H,(H,2,3);/q;+1/p-1. The molecule has 0 spiro atoms. The van der Waals surface area contributed by atoms with Gasteiger partial charge in [-0.2, -0.15) is 0 Å². The zero-order valence-electron chi connectivity index (χ0n) is 3.58. The molecule has 0 aliphatic rings. The maximum absolute atomic E-state index is 9.27. The van der Waals surface area contributed by atoms with Gasteiger partial charge in [0.1, 0.15) is 5.30 Å². The Balaban J connectivity index is 0. The van der Waals surface area contributed by atoms with Crippen LogP contribution in [0.2, 0.25) is 0 Å². The van der Waals surface area contributed by atoms with Crippen LogP contribution in [0.3, 0.4) is 0 Å². The summed E-state index contributed by atoms with van der Waals surface area (Å²) in [5.41, 5.74) is 0. The summed E-state index contributed by atoms with van der Waals surface area (Å²) in [6.07, 6.45) is 0. The van der Waals surface area contributed by atoms with E-state index in [2.05, 4.69) is 0 Å². The van der Waals surface area contributed by atoms with E-state index in [0.29, 0.717) is 0 Å². The van der Waals surface area contributed by atoms with Gasteiger partial charge in [-0.05, 0) is 10.8 Å². The smallest absolute Gasteiger partial charge is 0.537 e. The first-order valence-corrected chi connectivity index (χ1v) is 3.07. The van der Waals surface area contributed by atoms with Crippen molar-refractivity contribution in [3.8, 4) is 0 Å². The third kappa shape index (κ3) is 11.0. The van der Waals surface area contributed by atoms with E-state index in [0.717, 1.165) is 0 Å². The average molecular weight is 148 g/mol. The van der Waals surface area contributed by atoms with Crippen molar-refractivity contribution in [2.75, 3.05) is 0 Å². The summed E-state index contributed by atoms with van der Waals surface area (Å²) in [4.78, 5) is 9.27. The molecule has 0 aliphatic carbocycles. The van der Waals surface area contributed by atoms with Crippen molar-refractivity contribution in [2.24, 2.45) is 0 Å². The van der Waals surface area contributed by atoms with Crippen LogP contribution in [-0.2, 0) is 0 Å². The molecular weight excluding hydrogens is 147 g/mol. The summed E-state index contributed by atoms with van der Waals surface area (Å²) in [7, 11) is 0.264. The van der Waals surface area contributed by atoms with Crippen molar-refractivity contribution >= 4 is 27.2 Å². The molecule has 0 unspecified atom stereocenters. The molecule has 0 rings (SSSR count). The SMILES string of the molecule is O=C([O-])SSO.[Na+]. The third-order valence-corrected chi connectivity index (χ3v) is 0.948. The van der Waals surface area contributed by atoms with Gasteiger partial charge in [-0.25, -0.2) is 0 Å². The van der Waals surface area contributed by atoms with Crippen LogP contribution in [0.5, 0.6) is 0 Å². The summed E-state index contributed by atoms with van der Waals surface area (Å²) in [6.45, 7) is 0. The molecule has 0 fully saturated rings. The zero-order valence-corrected chi connectivity index (χ0v) is 7.21. The second kappa shape index (κ2) is 7.13. The Labute approximate surface area is 70.8 Å². The molecule has 0 atom stereocenters. The van der Waals surface area contributed by atoms with E-state index in [1.54, 1.807) is 0 Å². The number of carbonyl (C=O) groups excluding carboxylic acids is 1. The molecule has 7 heavy (non-hydrogen) atoms. The van der Waals surface area contributed by atoms with Crippen molar-refractivity contribution in [1.29, 1.82) is 0 Å². The van der Waals surface area contributed by atoms with Gasteiger partial charge in [0, 0.05) is 0 Å². The first-order chi connectivity index (χ1) is 2.77. The minimum atomic E-state index is -1.33. The zero-order chi connectivity index (χ0) is 4.99. The second-order valence-electron chi connectivity index (χ2n) is 0.408. The molecule has 0 aromatic heterocycles. The number of carboxylic acid groups (broad SMARTS) is 1. The van der Waals surface area contributed by atoms with Crippen LogP contribution >= 0.6 is 21.9 Å². The summed E-state index contributed by atoms with van der Waals surface area (Å²) >= 11 is 0.164. The Hall–Kier alpha value is 1.13. The summed E-state index contributed by atoms with van der Waals surface area (Å²) < 4.78 is 7.70. The first-order valence-electron chi connectivity index (χ1n) is 0.962. The summed E-state index contributed by atoms with van der Waals surface area (Å²) in [6, 6.07) is 0. The maximum atomic E-state index is 9.27. The average Bonchev–Trinajstić information content (AvgIpc) is 1.35. The molecule has 0 aromatic rings. The van der Waals surface area contributed by atoms with Crippen molar-refractivity contribution < 1.29 is 44.0 Å². The normalized spacial score (nSPS) is 7.00. The molecule has 36 valence electrons. The minimum absolute atomic E-state index is 0. The van der Waals surface area contributed by atoms with Crippen molar-refractivity contribution in [3.05, 3.63) is 0 Å². The molecule has 6 heteroatoms. The predicted molar refractivity (Wildman–Crippen MR) is 23.2 cm³/mol. The molecule has 0 bridgehead atoms. The van der Waals surface area contributed by atoms with Gasteiger partial charge in [-0.1, -0.05) is 0 Å². The van der Waals surface area contributed by atoms with Gasteiger partial charge in [0.25, 0.3) is 0 Å². The molecule has 0 saturated carbocycles. The van der Waals surface area contributed by atoms with Crippen LogP contribution in [0.15, 0.2) is 0 Å². The van der Waals surface area contributed by atoms with Gasteiger partial charge in [-0.15, -0.1) is 0 Å². The number of hydrogen-bond donors (Lipinski definition) is 1. The first kappa shape index (κ1) is 11.0. The topological polar surface area (TPSA) is 60.4 Å². The third-order valence-electron chi connectivity index (χ3n) is 0.105. The van der Waals surface area contributed by atoms with Gasteiger partial charge in [-0.3, -0.25) is 0 Å². The predicted octanol–water partition coefficient (Wildman–Crippen LogP) is -2.81. The molecule has 0 heterocycles. The van der Waals surface area contributed by atoms with E-state index in [4.69, 9.17) is 4.55 Å². The van der Waals surface area contributed by atoms with Gasteiger partial charge in [0.15, 0.2) is 0 Å². The van der Waals surface area contributed by atoms with E-state index >= 15 is 0 Å². The Morgan fingerprint density at radius 2 is 2.14 bits per heavy atom. The Morgan fingerprint density at radius 1 is 1.71 bits per heavy atom. The summed E-state index contributed by atoms with van der Waals surface area (Å²) in [5, 5.41) is 7.94. The molecule has 0 aromatic carbocycles. The fourth-order valence-electron chi connectivity index (χ4n) is 0.0304. The van der Waals surface area contributed by atoms with Crippen LogP contribution in [0, 0.1) is 0 Å². The van der Waals surface area contributed by atoms with E-state index in [-0.39, 0.29) is 51.4 Å². The van der Waals surface area contributed by atoms with Gasteiger partial charge in [0.05, 0.1) is 11.1 Å². The second-order valence-corrected chi connectivity index (χ2v) is 2.00. The van der Waals surface area contributed by atoms with Crippen LogP contribution in [0.4, 0.5) is 4.79 Å². The number of rotatable bonds is 1. The molecule has 3 nitrogen and oxygen atoms in total. The van der Waals surface area contributed by atoms with E-state index in [9.17, 15) is 9.90 Å². The van der Waals surface area contributed by atoms with E-state index in [1.807, 2.05) is 0 Å². The van der Waals surface area contributed by atoms with Crippen molar-refractivity contribution in [1.82, 2.24) is 0 Å². The van der Waals surface area contributed by atoms with Crippen LogP contribution in [0.25, 0.3) is 0 Å². The van der Waals surface area contributed by atoms with Crippen molar-refractivity contribution in [2.45, 2.75) is 0 Å². The van der Waals surface area contributed by atoms with Crippen molar-refractivity contribution in [3.63, 3.8) is 0 Å². The van der Waals surface area contributed by atoms with E-state index in [1.165, 1.54) is 0 Å². The molecule has 0 amide bonds. The van der Waals surface area contributed by atoms with Gasteiger partial charge >= 0.3 is 29.6 Å². The number of carbonyl (C=O) groups is 1. The van der Waals surface area contributed by atoms with Crippen LogP contribution < -0.4 is 34.7 Å². The van der Waals surface area contributed by atoms with Crippen LogP contribution in [-0.4, -0.2) is 9.85 Å². The van der Waals surface area contributed by atoms with Crippen LogP contribution in [0.1, 0.15) is 0 Å². The molecule has 0 saturated heterocycles. The molecule has 0 aliphatic heterocycles. The summed E-state index contributed by atoms with van der Waals surface area (Å²) in [5.74, 6) is 0. The fourth-order valence-corrected chi connectivity index (χ4v) is 0.274. The molecule has 0 radical (unpaired) electrons. The minimum Gasteiger partial charge on any atom is -0.537 e. The van der Waals surface area contributed by atoms with Gasteiger partial charge in [0.2, 0.25) is 0 Å². The Morgan fingerprint density at radius 3 is 2.14 bits per heavy atom. The monoisotopic (exact) mass is 148 g/mol. The van der Waals surface area contributed by atoms with Gasteiger partial charge < -0.3 is 14.5 Å². The van der Waals surface area contributed by atoms with E-state index < -0.39 is 5.30 Å².